The second-order valence-electron chi connectivity index (χ2n) is 4.45. The standard InChI is InChI=1S/C12H17ClN2O3/c1-8(2)12(7-16)14-6-9-5-10(15(17)18)3-4-11(9)13/h3-5,8,12,14,16H,6-7H2,1-2H3/t12-/m1/s1. The zero-order valence-electron chi connectivity index (χ0n) is 10.4. The predicted molar refractivity (Wildman–Crippen MR) is 70.7 cm³/mol. The van der Waals surface area contributed by atoms with Crippen molar-refractivity contribution in [1.29, 1.82) is 0 Å². The van der Waals surface area contributed by atoms with Gasteiger partial charge in [0.2, 0.25) is 0 Å². The number of rotatable bonds is 6. The fraction of sp³-hybridized carbons (Fsp3) is 0.500. The van der Waals surface area contributed by atoms with Crippen molar-refractivity contribution < 1.29 is 10.0 Å². The van der Waals surface area contributed by atoms with Crippen LogP contribution in [0.1, 0.15) is 19.4 Å². The minimum absolute atomic E-state index is 0.0151. The molecule has 0 unspecified atom stereocenters. The molecule has 5 nitrogen and oxygen atoms in total. The molecule has 2 N–H and O–H groups in total. The molecule has 0 fully saturated rings. The molecular weight excluding hydrogens is 256 g/mol. The Kier molecular flexibility index (Phi) is 5.53. The third-order valence-corrected chi connectivity index (χ3v) is 3.16. The summed E-state index contributed by atoms with van der Waals surface area (Å²) >= 11 is 5.98. The molecule has 1 aromatic rings. The van der Waals surface area contributed by atoms with E-state index in [0.29, 0.717) is 17.1 Å². The van der Waals surface area contributed by atoms with Gasteiger partial charge in [-0.3, -0.25) is 10.1 Å². The Hall–Kier alpha value is -1.17. The molecule has 0 amide bonds. The molecule has 0 aliphatic rings. The van der Waals surface area contributed by atoms with Crippen molar-refractivity contribution in [3.8, 4) is 0 Å². The van der Waals surface area contributed by atoms with Gasteiger partial charge in [0.15, 0.2) is 0 Å². The Morgan fingerprint density at radius 3 is 2.67 bits per heavy atom. The molecule has 0 saturated heterocycles. The molecule has 18 heavy (non-hydrogen) atoms. The van der Waals surface area contributed by atoms with Crippen LogP contribution < -0.4 is 5.32 Å². The van der Waals surface area contributed by atoms with Gasteiger partial charge in [-0.2, -0.15) is 0 Å². The molecule has 0 aliphatic heterocycles. The van der Waals surface area contributed by atoms with Gasteiger partial charge in [0.05, 0.1) is 11.5 Å². The number of nitrogens with zero attached hydrogens (tertiary/aromatic N) is 1. The normalized spacial score (nSPS) is 12.7. The topological polar surface area (TPSA) is 75.4 Å². The van der Waals surface area contributed by atoms with E-state index in [0.717, 1.165) is 0 Å². The first-order chi connectivity index (χ1) is 8.45. The average Bonchev–Trinajstić information content (AvgIpc) is 2.31. The van der Waals surface area contributed by atoms with E-state index < -0.39 is 4.92 Å². The predicted octanol–water partition coefficient (Wildman–Crippen LogP) is 2.35. The summed E-state index contributed by atoms with van der Waals surface area (Å²) < 4.78 is 0. The van der Waals surface area contributed by atoms with Crippen LogP contribution in [0.5, 0.6) is 0 Å². The molecule has 0 radical (unpaired) electrons. The van der Waals surface area contributed by atoms with Gasteiger partial charge in [0.1, 0.15) is 0 Å². The van der Waals surface area contributed by atoms with Gasteiger partial charge in [-0.1, -0.05) is 25.4 Å². The molecule has 1 aromatic carbocycles. The smallest absolute Gasteiger partial charge is 0.269 e. The van der Waals surface area contributed by atoms with Gasteiger partial charge in [-0.05, 0) is 17.5 Å². The van der Waals surface area contributed by atoms with Crippen LogP contribution in [0.2, 0.25) is 5.02 Å². The fourth-order valence-corrected chi connectivity index (χ4v) is 1.75. The van der Waals surface area contributed by atoms with E-state index in [1.54, 1.807) is 0 Å². The van der Waals surface area contributed by atoms with Crippen LogP contribution in [0, 0.1) is 16.0 Å². The van der Waals surface area contributed by atoms with Crippen molar-refractivity contribution in [2.24, 2.45) is 5.92 Å². The molecule has 0 heterocycles. The van der Waals surface area contributed by atoms with Crippen LogP contribution in [0.4, 0.5) is 5.69 Å². The highest BCUT2D eigenvalue weighted by atomic mass is 35.5. The lowest BCUT2D eigenvalue weighted by Gasteiger charge is -2.20. The molecule has 1 atom stereocenters. The van der Waals surface area contributed by atoms with Crippen LogP contribution >= 0.6 is 11.6 Å². The number of non-ortho nitro benzene ring substituents is 1. The first-order valence-corrected chi connectivity index (χ1v) is 6.10. The summed E-state index contributed by atoms with van der Waals surface area (Å²) in [5.74, 6) is 0.271. The molecule has 6 heteroatoms. The number of nitro groups is 1. The summed E-state index contributed by atoms with van der Waals surface area (Å²) in [4.78, 5) is 10.2. The first-order valence-electron chi connectivity index (χ1n) is 5.72. The molecule has 1 rings (SSSR count). The lowest BCUT2D eigenvalue weighted by atomic mass is 10.0. The maximum atomic E-state index is 10.7. The maximum absolute atomic E-state index is 10.7. The van der Waals surface area contributed by atoms with Crippen molar-refractivity contribution in [2.75, 3.05) is 6.61 Å². The zero-order valence-corrected chi connectivity index (χ0v) is 11.1. The first kappa shape index (κ1) is 14.9. The lowest BCUT2D eigenvalue weighted by Crippen LogP contribution is -2.36. The van der Waals surface area contributed by atoms with Crippen molar-refractivity contribution in [3.05, 3.63) is 38.9 Å². The molecule has 0 saturated carbocycles. The van der Waals surface area contributed by atoms with E-state index in [4.69, 9.17) is 11.6 Å². The van der Waals surface area contributed by atoms with E-state index in [2.05, 4.69) is 5.32 Å². The van der Waals surface area contributed by atoms with Gasteiger partial charge in [-0.15, -0.1) is 0 Å². The number of hydrogen-bond acceptors (Lipinski definition) is 4. The number of hydrogen-bond donors (Lipinski definition) is 2. The zero-order chi connectivity index (χ0) is 13.7. The van der Waals surface area contributed by atoms with Crippen LogP contribution in [0.15, 0.2) is 18.2 Å². The third kappa shape index (κ3) is 3.94. The van der Waals surface area contributed by atoms with E-state index in [9.17, 15) is 15.2 Å². The van der Waals surface area contributed by atoms with E-state index in [1.807, 2.05) is 13.8 Å². The van der Waals surface area contributed by atoms with E-state index in [1.165, 1.54) is 18.2 Å². The lowest BCUT2D eigenvalue weighted by molar-refractivity contribution is -0.384. The molecule has 0 bridgehead atoms. The molecule has 0 spiro atoms. The van der Waals surface area contributed by atoms with Crippen LogP contribution in [0.3, 0.4) is 0 Å². The highest BCUT2D eigenvalue weighted by molar-refractivity contribution is 6.31. The summed E-state index contributed by atoms with van der Waals surface area (Å²) in [5.41, 5.74) is 0.672. The van der Waals surface area contributed by atoms with Crippen molar-refractivity contribution in [1.82, 2.24) is 5.32 Å². The number of halogens is 1. The number of aliphatic hydroxyl groups excluding tert-OH is 1. The number of benzene rings is 1. The highest BCUT2D eigenvalue weighted by Crippen LogP contribution is 2.22. The number of aliphatic hydroxyl groups is 1. The summed E-state index contributed by atoms with van der Waals surface area (Å²) in [5, 5.41) is 23.5. The Balaban J connectivity index is 2.77. The summed E-state index contributed by atoms with van der Waals surface area (Å²) in [6.07, 6.45) is 0. The Morgan fingerprint density at radius 2 is 2.17 bits per heavy atom. The monoisotopic (exact) mass is 272 g/mol. The Bertz CT molecular complexity index is 424. The summed E-state index contributed by atoms with van der Waals surface area (Å²) in [6, 6.07) is 4.28. The maximum Gasteiger partial charge on any atom is 0.269 e. The quantitative estimate of drug-likeness (QED) is 0.616. The Morgan fingerprint density at radius 1 is 1.50 bits per heavy atom. The molecule has 0 aliphatic carbocycles. The van der Waals surface area contributed by atoms with Crippen molar-refractivity contribution in [3.63, 3.8) is 0 Å². The molecular formula is C12H17ClN2O3. The molecule has 100 valence electrons. The third-order valence-electron chi connectivity index (χ3n) is 2.80. The number of nitrogens with one attached hydrogen (secondary N) is 1. The fourth-order valence-electron chi connectivity index (χ4n) is 1.56. The second-order valence-corrected chi connectivity index (χ2v) is 4.85. The highest BCUT2D eigenvalue weighted by Gasteiger charge is 2.14. The summed E-state index contributed by atoms with van der Waals surface area (Å²) in [7, 11) is 0. The van der Waals surface area contributed by atoms with Crippen LogP contribution in [-0.2, 0) is 6.54 Å². The average molecular weight is 273 g/mol. The second kappa shape index (κ2) is 6.68. The van der Waals surface area contributed by atoms with E-state index in [-0.39, 0.29) is 24.3 Å². The molecule has 0 aromatic heterocycles. The van der Waals surface area contributed by atoms with Crippen molar-refractivity contribution >= 4 is 17.3 Å². The minimum atomic E-state index is -0.453. The van der Waals surface area contributed by atoms with Crippen LogP contribution in [0.25, 0.3) is 0 Å². The van der Waals surface area contributed by atoms with Gasteiger partial charge >= 0.3 is 0 Å². The van der Waals surface area contributed by atoms with Gasteiger partial charge < -0.3 is 10.4 Å². The minimum Gasteiger partial charge on any atom is -0.395 e. The largest absolute Gasteiger partial charge is 0.395 e. The van der Waals surface area contributed by atoms with Crippen LogP contribution in [-0.4, -0.2) is 22.7 Å². The van der Waals surface area contributed by atoms with E-state index >= 15 is 0 Å². The van der Waals surface area contributed by atoms with Gasteiger partial charge in [0, 0.05) is 29.7 Å². The number of nitro benzene ring substituents is 1. The van der Waals surface area contributed by atoms with Gasteiger partial charge in [-0.25, -0.2) is 0 Å². The summed E-state index contributed by atoms with van der Waals surface area (Å²) in [6.45, 7) is 4.39. The SMILES string of the molecule is CC(C)[C@@H](CO)NCc1cc([N+](=O)[O-])ccc1Cl. The van der Waals surface area contributed by atoms with Crippen molar-refractivity contribution in [2.45, 2.75) is 26.4 Å². The van der Waals surface area contributed by atoms with Gasteiger partial charge in [0.25, 0.3) is 5.69 Å². The Labute approximate surface area is 111 Å².